The number of hydrogen-bond donors (Lipinski definition) is 3. The molecule has 0 aliphatic rings. The van der Waals surface area contributed by atoms with Gasteiger partial charge in [0.15, 0.2) is 6.61 Å². The zero-order chi connectivity index (χ0) is 22.8. The molecule has 2 atom stereocenters. The number of aliphatic hydroxyl groups is 1. The first-order valence-corrected chi connectivity index (χ1v) is 10.7. The van der Waals surface area contributed by atoms with Gasteiger partial charge in [-0.3, -0.25) is 4.79 Å². The van der Waals surface area contributed by atoms with Crippen LogP contribution >= 0.6 is 0 Å². The van der Waals surface area contributed by atoms with Crippen LogP contribution in [-0.4, -0.2) is 30.2 Å². The van der Waals surface area contributed by atoms with Crippen LogP contribution in [0.5, 0.6) is 11.5 Å². The summed E-state index contributed by atoms with van der Waals surface area (Å²) in [7, 11) is 0. The number of primary amides is 1. The minimum Gasteiger partial charge on any atom is -0.489 e. The maximum atomic E-state index is 10.8. The zero-order valence-corrected chi connectivity index (χ0v) is 18.2. The standard InChI is InChI=1S/C26H30N2O4/c1-19(15-20-7-11-23(12-8-20)32-18-26(27)30)28-16-25(29)22-9-13-24(14-10-22)31-17-21-5-3-2-4-6-21/h2-14,19,25,28-29H,15-18H2,1H3,(H2,27,30). The van der Waals surface area contributed by atoms with E-state index in [4.69, 9.17) is 15.2 Å². The highest BCUT2D eigenvalue weighted by atomic mass is 16.5. The Morgan fingerprint density at radius 1 is 0.906 bits per heavy atom. The van der Waals surface area contributed by atoms with Crippen LogP contribution in [0.2, 0.25) is 0 Å². The highest BCUT2D eigenvalue weighted by Gasteiger charge is 2.11. The fourth-order valence-corrected chi connectivity index (χ4v) is 3.26. The Kier molecular flexibility index (Phi) is 8.66. The highest BCUT2D eigenvalue weighted by molar-refractivity contribution is 5.75. The predicted octanol–water partition coefficient (Wildman–Crippen LogP) is 3.38. The van der Waals surface area contributed by atoms with Crippen LogP contribution < -0.4 is 20.5 Å². The van der Waals surface area contributed by atoms with E-state index in [2.05, 4.69) is 12.2 Å². The number of hydrogen-bond acceptors (Lipinski definition) is 5. The van der Waals surface area contributed by atoms with Gasteiger partial charge in [0.25, 0.3) is 5.91 Å². The molecule has 0 saturated carbocycles. The Balaban J connectivity index is 1.41. The van der Waals surface area contributed by atoms with Crippen molar-refractivity contribution in [3.63, 3.8) is 0 Å². The minimum absolute atomic E-state index is 0.130. The van der Waals surface area contributed by atoms with Gasteiger partial charge in [-0.1, -0.05) is 54.6 Å². The molecule has 0 aromatic heterocycles. The SMILES string of the molecule is CC(Cc1ccc(OCC(N)=O)cc1)NCC(O)c1ccc(OCc2ccccc2)cc1. The van der Waals surface area contributed by atoms with Gasteiger partial charge in [-0.15, -0.1) is 0 Å². The van der Waals surface area contributed by atoms with E-state index in [1.807, 2.05) is 78.9 Å². The van der Waals surface area contributed by atoms with Gasteiger partial charge < -0.3 is 25.6 Å². The lowest BCUT2D eigenvalue weighted by molar-refractivity contribution is -0.119. The molecule has 1 amide bonds. The lowest BCUT2D eigenvalue weighted by Gasteiger charge is -2.18. The molecule has 168 valence electrons. The molecule has 6 nitrogen and oxygen atoms in total. The first-order chi connectivity index (χ1) is 15.5. The Morgan fingerprint density at radius 2 is 1.53 bits per heavy atom. The smallest absolute Gasteiger partial charge is 0.255 e. The molecule has 6 heteroatoms. The van der Waals surface area contributed by atoms with Crippen LogP contribution in [0, 0.1) is 0 Å². The van der Waals surface area contributed by atoms with E-state index in [0.717, 1.165) is 28.9 Å². The fraction of sp³-hybridized carbons (Fsp3) is 0.269. The van der Waals surface area contributed by atoms with E-state index in [-0.39, 0.29) is 12.6 Å². The third-order valence-corrected chi connectivity index (χ3v) is 5.02. The Hall–Kier alpha value is -3.35. The predicted molar refractivity (Wildman–Crippen MR) is 124 cm³/mol. The summed E-state index contributed by atoms with van der Waals surface area (Å²) < 4.78 is 11.1. The Bertz CT molecular complexity index is 959. The molecule has 3 rings (SSSR count). The zero-order valence-electron chi connectivity index (χ0n) is 18.2. The van der Waals surface area contributed by atoms with E-state index < -0.39 is 12.0 Å². The lowest BCUT2D eigenvalue weighted by Crippen LogP contribution is -2.32. The molecule has 0 aliphatic carbocycles. The quantitative estimate of drug-likeness (QED) is 0.406. The highest BCUT2D eigenvalue weighted by Crippen LogP contribution is 2.19. The number of ether oxygens (including phenoxy) is 2. The second-order valence-corrected chi connectivity index (χ2v) is 7.77. The number of benzene rings is 3. The van der Waals surface area contributed by atoms with Crippen molar-refractivity contribution in [2.75, 3.05) is 13.2 Å². The minimum atomic E-state index is -0.606. The summed E-state index contributed by atoms with van der Waals surface area (Å²) in [6.07, 6.45) is 0.194. The van der Waals surface area contributed by atoms with Crippen LogP contribution in [-0.2, 0) is 17.8 Å². The van der Waals surface area contributed by atoms with Gasteiger partial charge in [-0.2, -0.15) is 0 Å². The van der Waals surface area contributed by atoms with Crippen LogP contribution in [0.3, 0.4) is 0 Å². The molecule has 4 N–H and O–H groups in total. The van der Waals surface area contributed by atoms with Crippen molar-refractivity contribution in [1.29, 1.82) is 0 Å². The Morgan fingerprint density at radius 3 is 2.19 bits per heavy atom. The van der Waals surface area contributed by atoms with Crippen LogP contribution in [0.1, 0.15) is 29.7 Å². The van der Waals surface area contributed by atoms with Gasteiger partial charge in [0, 0.05) is 12.6 Å². The number of nitrogens with two attached hydrogens (primary N) is 1. The van der Waals surface area contributed by atoms with Gasteiger partial charge in [-0.25, -0.2) is 0 Å². The van der Waals surface area contributed by atoms with Gasteiger partial charge in [0.2, 0.25) is 0 Å². The Labute approximate surface area is 189 Å². The van der Waals surface area contributed by atoms with Crippen molar-refractivity contribution in [3.8, 4) is 11.5 Å². The first kappa shape index (κ1) is 23.3. The first-order valence-electron chi connectivity index (χ1n) is 10.7. The molecule has 0 heterocycles. The summed E-state index contributed by atoms with van der Waals surface area (Å²) in [5.41, 5.74) is 8.16. The number of aliphatic hydroxyl groups excluding tert-OH is 1. The molecule has 0 bridgehead atoms. The van der Waals surface area contributed by atoms with Crippen molar-refractivity contribution >= 4 is 5.91 Å². The normalized spacial score (nSPS) is 12.7. The summed E-state index contributed by atoms with van der Waals surface area (Å²) in [4.78, 5) is 10.8. The van der Waals surface area contributed by atoms with Crippen molar-refractivity contribution in [2.24, 2.45) is 5.73 Å². The van der Waals surface area contributed by atoms with Crippen molar-refractivity contribution in [1.82, 2.24) is 5.32 Å². The van der Waals surface area contributed by atoms with Gasteiger partial charge in [-0.05, 0) is 54.3 Å². The summed E-state index contributed by atoms with van der Waals surface area (Å²) >= 11 is 0. The number of rotatable bonds is 12. The third-order valence-electron chi connectivity index (χ3n) is 5.02. The van der Waals surface area contributed by atoms with E-state index >= 15 is 0 Å². The van der Waals surface area contributed by atoms with Crippen molar-refractivity contribution < 1.29 is 19.4 Å². The third kappa shape index (κ3) is 7.72. The van der Waals surface area contributed by atoms with Crippen molar-refractivity contribution in [2.45, 2.75) is 32.1 Å². The number of amides is 1. The largest absolute Gasteiger partial charge is 0.489 e. The average molecular weight is 435 g/mol. The molecular formula is C26H30N2O4. The molecule has 0 spiro atoms. The molecular weight excluding hydrogens is 404 g/mol. The van der Waals surface area contributed by atoms with Gasteiger partial charge >= 0.3 is 0 Å². The van der Waals surface area contributed by atoms with Crippen LogP contribution in [0.15, 0.2) is 78.9 Å². The fourth-order valence-electron chi connectivity index (χ4n) is 3.26. The second kappa shape index (κ2) is 11.9. The van der Waals surface area contributed by atoms with E-state index in [9.17, 15) is 9.90 Å². The van der Waals surface area contributed by atoms with Gasteiger partial charge in [0.05, 0.1) is 6.10 Å². The molecule has 0 aliphatic heterocycles. The topological polar surface area (TPSA) is 93.8 Å². The van der Waals surface area contributed by atoms with Crippen molar-refractivity contribution in [3.05, 3.63) is 95.6 Å². The number of carbonyl (C=O) groups excluding carboxylic acids is 1. The number of carbonyl (C=O) groups is 1. The molecule has 0 fully saturated rings. The molecule has 3 aromatic carbocycles. The molecule has 3 aromatic rings. The summed E-state index contributed by atoms with van der Waals surface area (Å²) in [5, 5.41) is 13.9. The van der Waals surface area contributed by atoms with Crippen LogP contribution in [0.25, 0.3) is 0 Å². The number of nitrogens with one attached hydrogen (secondary N) is 1. The van der Waals surface area contributed by atoms with E-state index in [1.54, 1.807) is 0 Å². The molecule has 32 heavy (non-hydrogen) atoms. The average Bonchev–Trinajstić information content (AvgIpc) is 2.82. The van der Waals surface area contributed by atoms with E-state index in [1.165, 1.54) is 0 Å². The van der Waals surface area contributed by atoms with Crippen LogP contribution in [0.4, 0.5) is 0 Å². The summed E-state index contributed by atoms with van der Waals surface area (Å²) in [6.45, 7) is 2.91. The maximum Gasteiger partial charge on any atom is 0.255 e. The van der Waals surface area contributed by atoms with E-state index in [0.29, 0.717) is 18.9 Å². The molecule has 2 unspecified atom stereocenters. The molecule has 0 radical (unpaired) electrons. The second-order valence-electron chi connectivity index (χ2n) is 7.77. The van der Waals surface area contributed by atoms with Gasteiger partial charge in [0.1, 0.15) is 18.1 Å². The maximum absolute atomic E-state index is 10.8. The monoisotopic (exact) mass is 434 g/mol. The lowest BCUT2D eigenvalue weighted by atomic mass is 10.1. The summed E-state index contributed by atoms with van der Waals surface area (Å²) in [6, 6.07) is 25.3. The molecule has 0 saturated heterocycles. The summed E-state index contributed by atoms with van der Waals surface area (Å²) in [5.74, 6) is 0.883.